The third kappa shape index (κ3) is 2.14. The normalized spacial score (nSPS) is 26.4. The number of rotatable bonds is 2. The molecule has 0 radical (unpaired) electrons. The molecule has 1 aromatic rings. The summed E-state index contributed by atoms with van der Waals surface area (Å²) in [5.41, 5.74) is 1.30. The summed E-state index contributed by atoms with van der Waals surface area (Å²) in [5, 5.41) is 0. The molecule has 0 aromatic heterocycles. The van der Waals surface area contributed by atoms with E-state index in [-0.39, 0.29) is 11.5 Å². The molecule has 108 valence electrons. The van der Waals surface area contributed by atoms with Crippen LogP contribution in [0.2, 0.25) is 0 Å². The van der Waals surface area contributed by atoms with Crippen molar-refractivity contribution in [2.75, 3.05) is 26.7 Å². The smallest absolute Gasteiger partial charge is 0.230 e. The Kier molecular flexibility index (Phi) is 3.55. The van der Waals surface area contributed by atoms with Crippen LogP contribution in [0.5, 0.6) is 0 Å². The fourth-order valence-corrected chi connectivity index (χ4v) is 3.95. The molecule has 2 heterocycles. The highest BCUT2D eigenvalue weighted by Gasteiger charge is 2.50. The summed E-state index contributed by atoms with van der Waals surface area (Å²) in [4.78, 5) is 17.3. The predicted octanol–water partition coefficient (Wildman–Crippen LogP) is 2.49. The molecule has 2 aliphatic rings. The Morgan fingerprint density at radius 2 is 1.85 bits per heavy atom. The van der Waals surface area contributed by atoms with Gasteiger partial charge < -0.3 is 9.80 Å². The lowest BCUT2D eigenvalue weighted by atomic mass is 9.81. The van der Waals surface area contributed by atoms with Gasteiger partial charge in [0.1, 0.15) is 0 Å². The van der Waals surface area contributed by atoms with E-state index in [1.54, 1.807) is 0 Å². The van der Waals surface area contributed by atoms with Crippen LogP contribution < -0.4 is 0 Å². The van der Waals surface area contributed by atoms with Gasteiger partial charge in [-0.1, -0.05) is 30.3 Å². The summed E-state index contributed by atoms with van der Waals surface area (Å²) in [7, 11) is 2.18. The van der Waals surface area contributed by atoms with Crippen LogP contribution in [-0.2, 0) is 4.79 Å². The van der Waals surface area contributed by atoms with Gasteiger partial charge in [-0.15, -0.1) is 0 Å². The van der Waals surface area contributed by atoms with Gasteiger partial charge in [0.25, 0.3) is 0 Å². The molecule has 2 fully saturated rings. The molecule has 0 saturated carbocycles. The number of hydrogen-bond donors (Lipinski definition) is 0. The zero-order valence-corrected chi connectivity index (χ0v) is 12.5. The highest BCUT2D eigenvalue weighted by atomic mass is 16.2. The van der Waals surface area contributed by atoms with Crippen LogP contribution in [0.4, 0.5) is 0 Å². The Morgan fingerprint density at radius 1 is 1.20 bits per heavy atom. The average Bonchev–Trinajstić information content (AvgIpc) is 2.76. The van der Waals surface area contributed by atoms with Crippen molar-refractivity contribution in [3.8, 4) is 0 Å². The Labute approximate surface area is 121 Å². The first-order chi connectivity index (χ1) is 9.66. The van der Waals surface area contributed by atoms with Crippen molar-refractivity contribution in [2.45, 2.75) is 37.6 Å². The zero-order valence-electron chi connectivity index (χ0n) is 12.5. The molecule has 2 aliphatic heterocycles. The van der Waals surface area contributed by atoms with E-state index in [9.17, 15) is 4.79 Å². The maximum absolute atomic E-state index is 12.8. The average molecular weight is 272 g/mol. The molecule has 0 N–H and O–H groups in total. The van der Waals surface area contributed by atoms with Crippen molar-refractivity contribution in [2.24, 2.45) is 0 Å². The summed E-state index contributed by atoms with van der Waals surface area (Å²) < 4.78 is 0. The largest absolute Gasteiger partial charge is 0.337 e. The van der Waals surface area contributed by atoms with Crippen molar-refractivity contribution >= 4 is 5.91 Å². The molecule has 1 spiro atoms. The molecular formula is C17H24N2O. The molecule has 2 saturated heterocycles. The van der Waals surface area contributed by atoms with Crippen molar-refractivity contribution < 1.29 is 4.79 Å². The van der Waals surface area contributed by atoms with Gasteiger partial charge in [0, 0.05) is 25.2 Å². The van der Waals surface area contributed by atoms with E-state index in [1.807, 2.05) is 18.2 Å². The molecule has 1 amide bonds. The minimum absolute atomic E-state index is 0.0690. The first-order valence-corrected chi connectivity index (χ1v) is 7.71. The third-order valence-electron chi connectivity index (χ3n) is 5.16. The Hall–Kier alpha value is -1.35. The monoisotopic (exact) mass is 272 g/mol. The minimum Gasteiger partial charge on any atom is -0.337 e. The van der Waals surface area contributed by atoms with Crippen molar-refractivity contribution in [1.29, 1.82) is 0 Å². The van der Waals surface area contributed by atoms with Crippen LogP contribution in [0.1, 0.15) is 37.7 Å². The van der Waals surface area contributed by atoms with E-state index in [0.717, 1.165) is 38.9 Å². The molecule has 3 rings (SSSR count). The summed E-state index contributed by atoms with van der Waals surface area (Å²) in [6.07, 6.45) is 3.23. The summed E-state index contributed by atoms with van der Waals surface area (Å²) in [5.74, 6) is 0.405. The lowest BCUT2D eigenvalue weighted by molar-refractivity contribution is -0.133. The van der Waals surface area contributed by atoms with Gasteiger partial charge in [-0.05, 0) is 38.8 Å². The highest BCUT2D eigenvalue weighted by Crippen LogP contribution is 2.45. The van der Waals surface area contributed by atoms with Crippen LogP contribution in [0.3, 0.4) is 0 Å². The molecule has 3 nitrogen and oxygen atoms in total. The number of carbonyl (C=O) groups is 1. The van der Waals surface area contributed by atoms with Crippen molar-refractivity contribution in [3.63, 3.8) is 0 Å². The summed E-state index contributed by atoms with van der Waals surface area (Å²) in [6.45, 7) is 5.16. The topological polar surface area (TPSA) is 23.6 Å². The van der Waals surface area contributed by atoms with Crippen LogP contribution in [-0.4, -0.2) is 47.9 Å². The van der Waals surface area contributed by atoms with Crippen molar-refractivity contribution in [3.05, 3.63) is 35.9 Å². The number of likely N-dealkylation sites (N-methyl/N-ethyl adjacent to an activating group) is 1. The van der Waals surface area contributed by atoms with Crippen LogP contribution >= 0.6 is 0 Å². The lowest BCUT2D eigenvalue weighted by Crippen LogP contribution is -2.52. The quantitative estimate of drug-likeness (QED) is 0.826. The number of piperidine rings is 1. The zero-order chi connectivity index (χ0) is 14.2. The van der Waals surface area contributed by atoms with E-state index < -0.39 is 0 Å². The van der Waals surface area contributed by atoms with Gasteiger partial charge in [0.15, 0.2) is 0 Å². The predicted molar refractivity (Wildman–Crippen MR) is 80.6 cm³/mol. The maximum Gasteiger partial charge on any atom is 0.230 e. The first kappa shape index (κ1) is 13.6. The minimum atomic E-state index is 0.0690. The molecule has 0 unspecified atom stereocenters. The second-order valence-electron chi connectivity index (χ2n) is 6.28. The van der Waals surface area contributed by atoms with E-state index >= 15 is 0 Å². The second-order valence-corrected chi connectivity index (χ2v) is 6.28. The van der Waals surface area contributed by atoms with Crippen LogP contribution in [0, 0.1) is 0 Å². The fraction of sp³-hybridized carbons (Fsp3) is 0.588. The number of benzene rings is 1. The number of hydrogen-bond acceptors (Lipinski definition) is 2. The van der Waals surface area contributed by atoms with Gasteiger partial charge >= 0.3 is 0 Å². The number of likely N-dealkylation sites (tertiary alicyclic amines) is 2. The van der Waals surface area contributed by atoms with Gasteiger partial charge in [0.05, 0.1) is 5.92 Å². The lowest BCUT2D eigenvalue weighted by Gasteiger charge is -2.43. The van der Waals surface area contributed by atoms with E-state index in [2.05, 4.69) is 35.9 Å². The van der Waals surface area contributed by atoms with Gasteiger partial charge in [-0.3, -0.25) is 4.79 Å². The Morgan fingerprint density at radius 3 is 2.45 bits per heavy atom. The number of carbonyl (C=O) groups excluding carboxylic acids is 1. The third-order valence-corrected chi connectivity index (χ3v) is 5.16. The Balaban J connectivity index is 1.88. The maximum atomic E-state index is 12.8. The van der Waals surface area contributed by atoms with E-state index in [1.165, 1.54) is 5.56 Å². The standard InChI is InChI=1S/C17H24N2O/c1-3-19-16(20)15(14-7-5-4-6-8-14)13-17(19)9-11-18(2)12-10-17/h4-8,15H,3,9-13H2,1-2H3/t15-/m0/s1. The molecule has 0 bridgehead atoms. The number of amides is 1. The summed E-state index contributed by atoms with van der Waals surface area (Å²) in [6, 6.07) is 10.3. The van der Waals surface area contributed by atoms with Gasteiger partial charge in [-0.25, -0.2) is 0 Å². The van der Waals surface area contributed by atoms with Gasteiger partial charge in [-0.2, -0.15) is 0 Å². The van der Waals surface area contributed by atoms with Crippen LogP contribution in [0.15, 0.2) is 30.3 Å². The number of nitrogens with zero attached hydrogens (tertiary/aromatic N) is 2. The SMILES string of the molecule is CCN1C(=O)[C@H](c2ccccc2)CC12CCN(C)CC2. The molecule has 3 heteroatoms. The molecule has 0 aliphatic carbocycles. The van der Waals surface area contributed by atoms with Crippen LogP contribution in [0.25, 0.3) is 0 Å². The fourth-order valence-electron chi connectivity index (χ4n) is 3.95. The highest BCUT2D eigenvalue weighted by molar-refractivity contribution is 5.87. The van der Waals surface area contributed by atoms with Gasteiger partial charge in [0.2, 0.25) is 5.91 Å². The molecule has 1 atom stereocenters. The second kappa shape index (κ2) is 5.21. The molecule has 20 heavy (non-hydrogen) atoms. The Bertz CT molecular complexity index is 477. The first-order valence-electron chi connectivity index (χ1n) is 7.71. The van der Waals surface area contributed by atoms with Crippen molar-refractivity contribution in [1.82, 2.24) is 9.80 Å². The van der Waals surface area contributed by atoms with E-state index in [4.69, 9.17) is 0 Å². The van der Waals surface area contributed by atoms with E-state index in [0.29, 0.717) is 5.91 Å². The molecular weight excluding hydrogens is 248 g/mol. The summed E-state index contributed by atoms with van der Waals surface area (Å²) >= 11 is 0. The molecule has 1 aromatic carbocycles.